The Morgan fingerprint density at radius 1 is 1.14 bits per heavy atom. The lowest BCUT2D eigenvalue weighted by Gasteiger charge is -2.51. The molecule has 0 aromatic heterocycles. The topological polar surface area (TPSA) is 20.2 Å². The maximum Gasteiger partial charge on any atom is 0.0499 e. The zero-order valence-corrected chi connectivity index (χ0v) is 14.4. The first-order chi connectivity index (χ1) is 10.5. The fourth-order valence-electron chi connectivity index (χ4n) is 5.85. The summed E-state index contributed by atoms with van der Waals surface area (Å²) in [6.45, 7) is 9.69. The average Bonchev–Trinajstić information content (AvgIpc) is 2.84. The minimum absolute atomic E-state index is 0.00426. The van der Waals surface area contributed by atoms with E-state index >= 15 is 0 Å². The van der Waals surface area contributed by atoms with Crippen LogP contribution in [0.25, 0.3) is 0 Å². The molecule has 6 atom stereocenters. The van der Waals surface area contributed by atoms with Gasteiger partial charge in [0, 0.05) is 17.9 Å². The van der Waals surface area contributed by atoms with E-state index in [0.29, 0.717) is 30.3 Å². The molecule has 22 heavy (non-hydrogen) atoms. The fourth-order valence-corrected chi connectivity index (χ4v) is 5.85. The van der Waals surface area contributed by atoms with Gasteiger partial charge < -0.3 is 5.11 Å². The Balaban J connectivity index is 2.15. The number of aliphatic hydroxyl groups is 1. The second-order valence-corrected chi connectivity index (χ2v) is 7.79. The van der Waals surface area contributed by atoms with E-state index in [4.69, 9.17) is 0 Å². The van der Waals surface area contributed by atoms with Gasteiger partial charge in [-0.2, -0.15) is 0 Å². The van der Waals surface area contributed by atoms with E-state index in [1.54, 1.807) is 5.57 Å². The summed E-state index contributed by atoms with van der Waals surface area (Å²) in [4.78, 5) is 0. The molecule has 0 radical (unpaired) electrons. The van der Waals surface area contributed by atoms with Crippen LogP contribution in [-0.4, -0.2) is 11.7 Å². The van der Waals surface area contributed by atoms with Crippen molar-refractivity contribution in [2.45, 2.75) is 46.5 Å². The van der Waals surface area contributed by atoms with Gasteiger partial charge in [-0.05, 0) is 49.0 Å². The Morgan fingerprint density at radius 2 is 1.82 bits per heavy atom. The van der Waals surface area contributed by atoms with E-state index in [9.17, 15) is 5.11 Å². The summed E-state index contributed by atoms with van der Waals surface area (Å²) >= 11 is 0. The number of rotatable bonds is 3. The molecule has 120 valence electrons. The molecule has 2 aliphatic rings. The van der Waals surface area contributed by atoms with Gasteiger partial charge in [-0.25, -0.2) is 0 Å². The van der Waals surface area contributed by atoms with Crippen LogP contribution in [0.4, 0.5) is 0 Å². The Hall–Kier alpha value is -1.08. The normalized spacial score (nSPS) is 41.1. The highest BCUT2D eigenvalue weighted by Crippen LogP contribution is 2.62. The van der Waals surface area contributed by atoms with Gasteiger partial charge >= 0.3 is 0 Å². The van der Waals surface area contributed by atoms with Crippen molar-refractivity contribution in [3.05, 3.63) is 47.5 Å². The zero-order chi connectivity index (χ0) is 15.9. The van der Waals surface area contributed by atoms with Crippen molar-refractivity contribution < 1.29 is 5.11 Å². The molecular formula is C21H30O. The van der Waals surface area contributed by atoms with Gasteiger partial charge in [0.25, 0.3) is 0 Å². The minimum atomic E-state index is -0.00426. The highest BCUT2D eigenvalue weighted by molar-refractivity contribution is 5.34. The van der Waals surface area contributed by atoms with E-state index in [2.05, 4.69) is 64.1 Å². The molecule has 3 rings (SSSR count). The van der Waals surface area contributed by atoms with Crippen molar-refractivity contribution in [3.8, 4) is 0 Å². The maximum absolute atomic E-state index is 10.5. The summed E-state index contributed by atoms with van der Waals surface area (Å²) in [5.41, 5.74) is 2.91. The zero-order valence-electron chi connectivity index (χ0n) is 14.4. The second-order valence-electron chi connectivity index (χ2n) is 7.79. The first kappa shape index (κ1) is 15.8. The van der Waals surface area contributed by atoms with Crippen LogP contribution in [0.15, 0.2) is 42.0 Å². The van der Waals surface area contributed by atoms with Crippen molar-refractivity contribution in [2.75, 3.05) is 6.61 Å². The fraction of sp³-hybridized carbons (Fsp3) is 0.619. The predicted molar refractivity (Wildman–Crippen MR) is 92.7 cm³/mol. The van der Waals surface area contributed by atoms with E-state index < -0.39 is 0 Å². The Bertz CT molecular complexity index is 540. The molecule has 0 aliphatic heterocycles. The smallest absolute Gasteiger partial charge is 0.0499 e. The van der Waals surface area contributed by atoms with Crippen LogP contribution in [0.2, 0.25) is 0 Å². The third kappa shape index (κ3) is 2.17. The Morgan fingerprint density at radius 3 is 2.41 bits per heavy atom. The van der Waals surface area contributed by atoms with E-state index in [1.165, 1.54) is 12.0 Å². The lowest BCUT2D eigenvalue weighted by Crippen LogP contribution is -2.46. The third-order valence-corrected chi connectivity index (χ3v) is 6.71. The van der Waals surface area contributed by atoms with E-state index in [1.807, 2.05) is 0 Å². The Kier molecular flexibility index (Phi) is 4.20. The van der Waals surface area contributed by atoms with E-state index in [-0.39, 0.29) is 5.41 Å². The van der Waals surface area contributed by atoms with Gasteiger partial charge in [0.05, 0.1) is 0 Å². The molecule has 0 amide bonds. The maximum atomic E-state index is 10.5. The molecule has 0 bridgehead atoms. The highest BCUT2D eigenvalue weighted by Gasteiger charge is 2.55. The first-order valence-corrected chi connectivity index (χ1v) is 8.89. The lowest BCUT2D eigenvalue weighted by molar-refractivity contribution is -0.00101. The molecule has 1 saturated carbocycles. The summed E-state index contributed by atoms with van der Waals surface area (Å²) in [7, 11) is 0. The van der Waals surface area contributed by atoms with Crippen LogP contribution in [-0.2, 0) is 0 Å². The molecule has 0 spiro atoms. The van der Waals surface area contributed by atoms with Crippen LogP contribution in [0.5, 0.6) is 0 Å². The minimum Gasteiger partial charge on any atom is -0.396 e. The van der Waals surface area contributed by atoms with Crippen LogP contribution in [0.3, 0.4) is 0 Å². The summed E-state index contributed by atoms with van der Waals surface area (Å²) in [5, 5.41) is 10.5. The molecular weight excluding hydrogens is 268 g/mol. The van der Waals surface area contributed by atoms with Crippen molar-refractivity contribution in [1.29, 1.82) is 0 Å². The van der Waals surface area contributed by atoms with Gasteiger partial charge in [-0.15, -0.1) is 0 Å². The molecule has 1 aromatic carbocycles. The molecule has 0 heterocycles. The standard InChI is InChI=1S/C21H30O/c1-5-21(13-22)18(17-9-7-6-8-10-17)12-15(3)19-14(2)11-16(4)20(19)21/h6-10,12,14,16,18-20,22H,5,11,13H2,1-4H3/t14-,16-,18+,19+,20-,21+/m1/s1. The van der Waals surface area contributed by atoms with Crippen molar-refractivity contribution in [2.24, 2.45) is 29.1 Å². The van der Waals surface area contributed by atoms with Gasteiger partial charge in [0.2, 0.25) is 0 Å². The van der Waals surface area contributed by atoms with Crippen molar-refractivity contribution >= 4 is 0 Å². The van der Waals surface area contributed by atoms with Crippen LogP contribution >= 0.6 is 0 Å². The molecule has 1 aromatic rings. The van der Waals surface area contributed by atoms with E-state index in [0.717, 1.165) is 12.3 Å². The SMILES string of the molecule is CC[C@@]1(CO)[C@H]2[C@H](C(C)=C[C@H]1c1ccccc1)[C@H](C)C[C@H]2C. The van der Waals surface area contributed by atoms with Crippen LogP contribution < -0.4 is 0 Å². The summed E-state index contributed by atoms with van der Waals surface area (Å²) in [6.07, 6.45) is 4.82. The van der Waals surface area contributed by atoms with Gasteiger partial charge in [0.1, 0.15) is 0 Å². The average molecular weight is 298 g/mol. The molecule has 2 aliphatic carbocycles. The lowest BCUT2D eigenvalue weighted by atomic mass is 9.54. The monoisotopic (exact) mass is 298 g/mol. The number of aliphatic hydroxyl groups excluding tert-OH is 1. The summed E-state index contributed by atoms with van der Waals surface area (Å²) in [6, 6.07) is 10.8. The van der Waals surface area contributed by atoms with Gasteiger partial charge in [-0.3, -0.25) is 0 Å². The number of hydrogen-bond donors (Lipinski definition) is 1. The second kappa shape index (κ2) is 5.85. The van der Waals surface area contributed by atoms with Crippen molar-refractivity contribution in [1.82, 2.24) is 0 Å². The van der Waals surface area contributed by atoms with Gasteiger partial charge in [0.15, 0.2) is 0 Å². The van der Waals surface area contributed by atoms with Gasteiger partial charge in [-0.1, -0.05) is 62.8 Å². The highest BCUT2D eigenvalue weighted by atomic mass is 16.3. The van der Waals surface area contributed by atoms with Crippen molar-refractivity contribution in [3.63, 3.8) is 0 Å². The summed E-state index contributed by atoms with van der Waals surface area (Å²) in [5.74, 6) is 3.04. The number of benzene rings is 1. The number of allylic oxidation sites excluding steroid dienone is 2. The van der Waals surface area contributed by atoms with Crippen LogP contribution in [0.1, 0.15) is 52.0 Å². The summed E-state index contributed by atoms with van der Waals surface area (Å²) < 4.78 is 0. The third-order valence-electron chi connectivity index (χ3n) is 6.71. The van der Waals surface area contributed by atoms with Crippen LogP contribution in [0, 0.1) is 29.1 Å². The molecule has 1 fully saturated rings. The quantitative estimate of drug-likeness (QED) is 0.776. The largest absolute Gasteiger partial charge is 0.396 e. The molecule has 0 saturated heterocycles. The number of fused-ring (bicyclic) bond motifs is 1. The first-order valence-electron chi connectivity index (χ1n) is 8.89. The predicted octanol–water partition coefficient (Wildman–Crippen LogP) is 5.03. The molecule has 1 nitrogen and oxygen atoms in total. The molecule has 1 heteroatoms. The number of hydrogen-bond acceptors (Lipinski definition) is 1. The Labute approximate surface area is 135 Å². The molecule has 0 unspecified atom stereocenters. The molecule has 1 N–H and O–H groups in total.